The molecule has 0 aromatic carbocycles. The molecule has 0 aromatic heterocycles. The molecule has 2 nitrogen and oxygen atoms in total. The smallest absolute Gasteiger partial charge is 0.204 e. The number of ether oxygens (including phenoxy) is 1. The minimum Gasteiger partial charge on any atom is -0.475 e. The van der Waals surface area contributed by atoms with E-state index < -0.39 is 5.34 Å². The maximum Gasteiger partial charge on any atom is 0.204 e. The molecular formula is C13H19O2P. The Morgan fingerprint density at radius 3 is 2.31 bits per heavy atom. The first-order valence-corrected chi connectivity index (χ1v) is 6.14. The van der Waals surface area contributed by atoms with Crippen molar-refractivity contribution in [1.82, 2.24) is 0 Å². The lowest BCUT2D eigenvalue weighted by Gasteiger charge is -2.25. The lowest BCUT2D eigenvalue weighted by atomic mass is 10.2. The molecule has 0 aliphatic heterocycles. The van der Waals surface area contributed by atoms with Crippen LogP contribution in [0.2, 0.25) is 0 Å². The van der Waals surface area contributed by atoms with Crippen LogP contribution in [0.1, 0.15) is 26.7 Å². The molecule has 0 unspecified atom stereocenters. The molecule has 0 fully saturated rings. The van der Waals surface area contributed by atoms with E-state index in [9.17, 15) is 4.57 Å². The van der Waals surface area contributed by atoms with Gasteiger partial charge >= 0.3 is 0 Å². The summed E-state index contributed by atoms with van der Waals surface area (Å²) in [5.41, 5.74) is 0. The van der Waals surface area contributed by atoms with Gasteiger partial charge in [0.15, 0.2) is 5.34 Å². The SMILES string of the molecule is C=C/C=C\C(=C/C=C)OC(CC)(CC)P=O. The zero-order valence-corrected chi connectivity index (χ0v) is 10.9. The number of hydrogen-bond donors (Lipinski definition) is 0. The summed E-state index contributed by atoms with van der Waals surface area (Å²) in [6.07, 6.45) is 9.96. The van der Waals surface area contributed by atoms with Crippen LogP contribution >= 0.6 is 8.46 Å². The maximum atomic E-state index is 11.2. The average Bonchev–Trinajstić information content (AvgIpc) is 2.33. The van der Waals surface area contributed by atoms with E-state index in [-0.39, 0.29) is 8.46 Å². The Balaban J connectivity index is 4.91. The molecule has 0 saturated carbocycles. The van der Waals surface area contributed by atoms with E-state index in [1.807, 2.05) is 13.8 Å². The third-order valence-corrected chi connectivity index (χ3v) is 3.31. The van der Waals surface area contributed by atoms with E-state index in [0.717, 1.165) is 0 Å². The van der Waals surface area contributed by atoms with Gasteiger partial charge in [-0.3, -0.25) is 4.57 Å². The van der Waals surface area contributed by atoms with Crippen molar-refractivity contribution in [1.29, 1.82) is 0 Å². The van der Waals surface area contributed by atoms with Crippen LogP contribution in [-0.4, -0.2) is 5.34 Å². The summed E-state index contributed by atoms with van der Waals surface area (Å²) in [4.78, 5) is 0. The molecule has 0 N–H and O–H groups in total. The third-order valence-electron chi connectivity index (χ3n) is 2.26. The second kappa shape index (κ2) is 8.06. The van der Waals surface area contributed by atoms with Gasteiger partial charge in [0.2, 0.25) is 8.46 Å². The summed E-state index contributed by atoms with van der Waals surface area (Å²) in [7, 11) is 0.00620. The highest BCUT2D eigenvalue weighted by Gasteiger charge is 2.29. The summed E-state index contributed by atoms with van der Waals surface area (Å²) in [6.45, 7) is 11.1. The van der Waals surface area contributed by atoms with Crippen molar-refractivity contribution in [3.05, 3.63) is 49.3 Å². The molecular weight excluding hydrogens is 219 g/mol. The molecule has 3 heteroatoms. The number of rotatable bonds is 8. The molecule has 0 amide bonds. The predicted octanol–water partition coefficient (Wildman–Crippen LogP) is 4.62. The zero-order valence-electron chi connectivity index (χ0n) is 9.98. The summed E-state index contributed by atoms with van der Waals surface area (Å²) in [6, 6.07) is 0. The standard InChI is InChI=1S/C13H19O2P/c1-5-9-11-12(10-6-2)15-13(7-3,8-4)16-14/h5-6,9-11H,1-2,7-8H2,3-4H3/b11-9-,12-10+. The second-order valence-corrected chi connectivity index (χ2v) is 4.24. The predicted molar refractivity (Wildman–Crippen MR) is 69.6 cm³/mol. The van der Waals surface area contributed by atoms with Gasteiger partial charge in [0.1, 0.15) is 5.76 Å². The van der Waals surface area contributed by atoms with E-state index in [1.165, 1.54) is 0 Å². The van der Waals surface area contributed by atoms with Crippen molar-refractivity contribution in [3.8, 4) is 0 Å². The van der Waals surface area contributed by atoms with Crippen molar-refractivity contribution in [2.24, 2.45) is 0 Å². The van der Waals surface area contributed by atoms with Crippen LogP contribution < -0.4 is 0 Å². The van der Waals surface area contributed by atoms with Gasteiger partial charge in [-0.1, -0.05) is 45.2 Å². The van der Waals surface area contributed by atoms with Crippen molar-refractivity contribution >= 4 is 8.46 Å². The highest BCUT2D eigenvalue weighted by Crippen LogP contribution is 2.34. The fourth-order valence-electron chi connectivity index (χ4n) is 1.16. The molecule has 0 saturated heterocycles. The highest BCUT2D eigenvalue weighted by atomic mass is 31.1. The average molecular weight is 238 g/mol. The Morgan fingerprint density at radius 1 is 1.31 bits per heavy atom. The first-order chi connectivity index (χ1) is 7.67. The number of hydrogen-bond acceptors (Lipinski definition) is 2. The molecule has 0 rings (SSSR count). The summed E-state index contributed by atoms with van der Waals surface area (Å²) in [5, 5.41) is -0.639. The Hall–Kier alpha value is -1.14. The normalized spacial score (nSPS) is 13.0. The van der Waals surface area contributed by atoms with Crippen LogP contribution in [0.5, 0.6) is 0 Å². The van der Waals surface area contributed by atoms with Gasteiger partial charge in [-0.25, -0.2) is 0 Å². The van der Waals surface area contributed by atoms with Crippen molar-refractivity contribution < 1.29 is 9.30 Å². The van der Waals surface area contributed by atoms with Crippen LogP contribution in [-0.2, 0) is 9.30 Å². The summed E-state index contributed by atoms with van der Waals surface area (Å²) in [5.74, 6) is 0.641. The van der Waals surface area contributed by atoms with Gasteiger partial charge in [0, 0.05) is 0 Å². The molecule has 0 aliphatic rings. The lowest BCUT2D eigenvalue weighted by Crippen LogP contribution is -2.23. The van der Waals surface area contributed by atoms with Gasteiger partial charge < -0.3 is 4.74 Å². The first-order valence-electron chi connectivity index (χ1n) is 5.33. The topological polar surface area (TPSA) is 26.3 Å². The fourth-order valence-corrected chi connectivity index (χ4v) is 1.56. The van der Waals surface area contributed by atoms with Gasteiger partial charge in [-0.2, -0.15) is 0 Å². The third kappa shape index (κ3) is 4.59. The Bertz CT molecular complexity index is 299. The van der Waals surface area contributed by atoms with Crippen molar-refractivity contribution in [3.63, 3.8) is 0 Å². The van der Waals surface area contributed by atoms with E-state index in [4.69, 9.17) is 4.74 Å². The summed E-state index contributed by atoms with van der Waals surface area (Å²) >= 11 is 0. The lowest BCUT2D eigenvalue weighted by molar-refractivity contribution is 0.0793. The monoisotopic (exact) mass is 238 g/mol. The fraction of sp³-hybridized carbons (Fsp3) is 0.385. The Morgan fingerprint density at radius 2 is 1.94 bits per heavy atom. The van der Waals surface area contributed by atoms with E-state index in [2.05, 4.69) is 13.2 Å². The van der Waals surface area contributed by atoms with Gasteiger partial charge in [0.25, 0.3) is 0 Å². The minimum absolute atomic E-state index is 0.00620. The van der Waals surface area contributed by atoms with Gasteiger partial charge in [-0.05, 0) is 25.0 Å². The largest absolute Gasteiger partial charge is 0.475 e. The number of allylic oxidation sites excluding steroid dienone is 5. The molecule has 0 atom stereocenters. The van der Waals surface area contributed by atoms with Crippen LogP contribution in [0.25, 0.3) is 0 Å². The van der Waals surface area contributed by atoms with Gasteiger partial charge in [0.05, 0.1) is 0 Å². The second-order valence-electron chi connectivity index (χ2n) is 3.25. The Labute approximate surface area is 99.6 Å². The quantitative estimate of drug-likeness (QED) is 0.350. The zero-order chi connectivity index (χ0) is 12.4. The molecule has 88 valence electrons. The molecule has 0 bridgehead atoms. The van der Waals surface area contributed by atoms with Gasteiger partial charge in [-0.15, -0.1) is 0 Å². The maximum absolute atomic E-state index is 11.2. The van der Waals surface area contributed by atoms with E-state index in [1.54, 1.807) is 30.4 Å². The highest BCUT2D eigenvalue weighted by molar-refractivity contribution is 7.25. The Kier molecular flexibility index (Phi) is 7.49. The van der Waals surface area contributed by atoms with E-state index >= 15 is 0 Å². The molecule has 0 aromatic rings. The summed E-state index contributed by atoms with van der Waals surface area (Å²) < 4.78 is 16.9. The minimum atomic E-state index is -0.639. The van der Waals surface area contributed by atoms with E-state index in [0.29, 0.717) is 18.6 Å². The molecule has 0 aliphatic carbocycles. The molecule has 16 heavy (non-hydrogen) atoms. The molecule has 0 heterocycles. The van der Waals surface area contributed by atoms with Crippen molar-refractivity contribution in [2.75, 3.05) is 0 Å². The van der Waals surface area contributed by atoms with Crippen molar-refractivity contribution in [2.45, 2.75) is 32.0 Å². The van der Waals surface area contributed by atoms with Crippen LogP contribution in [0.4, 0.5) is 0 Å². The van der Waals surface area contributed by atoms with Crippen LogP contribution in [0.15, 0.2) is 49.3 Å². The van der Waals surface area contributed by atoms with Crippen LogP contribution in [0, 0.1) is 0 Å². The molecule has 0 radical (unpaired) electrons. The molecule has 0 spiro atoms. The first kappa shape index (κ1) is 14.9. The van der Waals surface area contributed by atoms with Crippen LogP contribution in [0.3, 0.4) is 0 Å².